The fourth-order valence-corrected chi connectivity index (χ4v) is 2.92. The number of rotatable bonds is 1. The van der Waals surface area contributed by atoms with Gasteiger partial charge in [-0.1, -0.05) is 41.9 Å². The van der Waals surface area contributed by atoms with Crippen molar-refractivity contribution in [2.75, 3.05) is 4.90 Å². The third-order valence-corrected chi connectivity index (χ3v) is 4.51. The van der Waals surface area contributed by atoms with Gasteiger partial charge >= 0.3 is 0 Å². The summed E-state index contributed by atoms with van der Waals surface area (Å²) in [6.07, 6.45) is 0. The van der Waals surface area contributed by atoms with Crippen LogP contribution < -0.4 is 4.90 Å². The smallest absolute Gasteiger partial charge is 0.237 e. The molecular formula is C16H14BrNO2. The van der Waals surface area contributed by atoms with Gasteiger partial charge in [0.2, 0.25) is 11.8 Å². The molecule has 1 saturated heterocycles. The van der Waals surface area contributed by atoms with Gasteiger partial charge in [0.25, 0.3) is 0 Å². The van der Waals surface area contributed by atoms with Gasteiger partial charge in [-0.05, 0) is 35.0 Å². The summed E-state index contributed by atoms with van der Waals surface area (Å²) in [6, 6.07) is 11.6. The zero-order chi connectivity index (χ0) is 14.4. The molecule has 2 atom stereocenters. The van der Waals surface area contributed by atoms with Crippen molar-refractivity contribution in [3.8, 4) is 0 Å². The van der Waals surface area contributed by atoms with E-state index in [1.54, 1.807) is 0 Å². The first-order valence-corrected chi connectivity index (χ1v) is 7.35. The van der Waals surface area contributed by atoms with Gasteiger partial charge in [-0.15, -0.1) is 0 Å². The average Bonchev–Trinajstić information content (AvgIpc) is 2.63. The van der Waals surface area contributed by atoms with Crippen molar-refractivity contribution in [1.29, 1.82) is 0 Å². The summed E-state index contributed by atoms with van der Waals surface area (Å²) in [6.45, 7) is 3.62. The molecule has 1 fully saturated rings. The fraction of sp³-hybridized carbons (Fsp3) is 0.250. The molecule has 2 amide bonds. The van der Waals surface area contributed by atoms with Crippen LogP contribution in [-0.2, 0) is 9.59 Å². The number of anilines is 1. The SMILES string of the molecule is CC1C(=O)N(c2ccc3cc(Br)ccc3c2)C(=O)C1C. The summed E-state index contributed by atoms with van der Waals surface area (Å²) < 4.78 is 1.01. The van der Waals surface area contributed by atoms with E-state index in [1.165, 1.54) is 4.90 Å². The molecule has 0 radical (unpaired) electrons. The molecule has 1 aliphatic heterocycles. The van der Waals surface area contributed by atoms with E-state index in [0.717, 1.165) is 15.2 Å². The predicted octanol–water partition coefficient (Wildman–Crippen LogP) is 3.75. The predicted molar refractivity (Wildman–Crippen MR) is 82.5 cm³/mol. The van der Waals surface area contributed by atoms with Crippen LogP contribution in [0.5, 0.6) is 0 Å². The van der Waals surface area contributed by atoms with Crippen molar-refractivity contribution < 1.29 is 9.59 Å². The first-order chi connectivity index (χ1) is 9.49. The quantitative estimate of drug-likeness (QED) is 0.746. The van der Waals surface area contributed by atoms with E-state index < -0.39 is 0 Å². The van der Waals surface area contributed by atoms with Crippen LogP contribution in [0.25, 0.3) is 10.8 Å². The van der Waals surface area contributed by atoms with Crippen molar-refractivity contribution in [3.05, 3.63) is 40.9 Å². The number of hydrogen-bond acceptors (Lipinski definition) is 2. The van der Waals surface area contributed by atoms with Crippen molar-refractivity contribution in [1.82, 2.24) is 0 Å². The maximum Gasteiger partial charge on any atom is 0.237 e. The third kappa shape index (κ3) is 1.95. The molecule has 2 aromatic rings. The van der Waals surface area contributed by atoms with Crippen LogP contribution in [0.15, 0.2) is 40.9 Å². The topological polar surface area (TPSA) is 37.4 Å². The molecule has 20 heavy (non-hydrogen) atoms. The number of imide groups is 1. The number of hydrogen-bond donors (Lipinski definition) is 0. The van der Waals surface area contributed by atoms with Gasteiger partial charge in [0.05, 0.1) is 5.69 Å². The molecular weight excluding hydrogens is 318 g/mol. The molecule has 0 aromatic heterocycles. The van der Waals surface area contributed by atoms with Crippen molar-refractivity contribution in [2.45, 2.75) is 13.8 Å². The summed E-state index contributed by atoms with van der Waals surface area (Å²) in [5.41, 5.74) is 0.658. The minimum atomic E-state index is -0.247. The zero-order valence-corrected chi connectivity index (χ0v) is 12.8. The van der Waals surface area contributed by atoms with E-state index in [4.69, 9.17) is 0 Å². The molecule has 0 spiro atoms. The Morgan fingerprint density at radius 1 is 0.900 bits per heavy atom. The maximum absolute atomic E-state index is 12.2. The van der Waals surface area contributed by atoms with Crippen molar-refractivity contribution in [3.63, 3.8) is 0 Å². The lowest BCUT2D eigenvalue weighted by Gasteiger charge is -2.15. The molecule has 4 heteroatoms. The Bertz CT molecular complexity index is 705. The van der Waals surface area contributed by atoms with Gasteiger partial charge in [-0.2, -0.15) is 0 Å². The van der Waals surface area contributed by atoms with Crippen LogP contribution >= 0.6 is 15.9 Å². The highest BCUT2D eigenvalue weighted by atomic mass is 79.9. The van der Waals surface area contributed by atoms with E-state index in [9.17, 15) is 9.59 Å². The average molecular weight is 332 g/mol. The van der Waals surface area contributed by atoms with E-state index >= 15 is 0 Å². The van der Waals surface area contributed by atoms with Crippen LogP contribution in [0, 0.1) is 11.8 Å². The Labute approximate surface area is 125 Å². The van der Waals surface area contributed by atoms with Crippen LogP contribution in [0.3, 0.4) is 0 Å². The van der Waals surface area contributed by atoms with E-state index in [-0.39, 0.29) is 23.7 Å². The van der Waals surface area contributed by atoms with Gasteiger partial charge < -0.3 is 0 Å². The lowest BCUT2D eigenvalue weighted by molar-refractivity contribution is -0.122. The Hall–Kier alpha value is -1.68. The second kappa shape index (κ2) is 4.70. The molecule has 2 aromatic carbocycles. The number of carbonyl (C=O) groups is 2. The minimum Gasteiger partial charge on any atom is -0.274 e. The fourth-order valence-electron chi connectivity index (χ4n) is 2.54. The Kier molecular flexibility index (Phi) is 3.13. The third-order valence-electron chi connectivity index (χ3n) is 4.01. The highest BCUT2D eigenvalue weighted by Gasteiger charge is 2.42. The number of carbonyl (C=O) groups excluding carboxylic acids is 2. The van der Waals surface area contributed by atoms with Crippen molar-refractivity contribution >= 4 is 44.2 Å². The summed E-state index contributed by atoms with van der Waals surface area (Å²) in [5, 5.41) is 2.09. The van der Waals surface area contributed by atoms with Crippen molar-refractivity contribution in [2.24, 2.45) is 11.8 Å². The van der Waals surface area contributed by atoms with E-state index in [2.05, 4.69) is 15.9 Å². The van der Waals surface area contributed by atoms with Crippen LogP contribution in [0.1, 0.15) is 13.8 Å². The maximum atomic E-state index is 12.2. The van der Waals surface area contributed by atoms with E-state index in [1.807, 2.05) is 50.2 Å². The normalized spacial score (nSPS) is 22.9. The number of benzene rings is 2. The Morgan fingerprint density at radius 2 is 1.45 bits per heavy atom. The highest BCUT2D eigenvalue weighted by molar-refractivity contribution is 9.10. The number of amides is 2. The molecule has 3 rings (SSSR count). The molecule has 1 aliphatic rings. The van der Waals surface area contributed by atoms with Gasteiger partial charge in [0.15, 0.2) is 0 Å². The summed E-state index contributed by atoms with van der Waals surface area (Å²) in [4.78, 5) is 25.7. The molecule has 2 unspecified atom stereocenters. The Balaban J connectivity index is 2.09. The van der Waals surface area contributed by atoms with Crippen LogP contribution in [-0.4, -0.2) is 11.8 Å². The first-order valence-electron chi connectivity index (χ1n) is 6.56. The minimum absolute atomic E-state index is 0.112. The van der Waals surface area contributed by atoms with Gasteiger partial charge in [0.1, 0.15) is 0 Å². The first kappa shape index (κ1) is 13.3. The summed E-state index contributed by atoms with van der Waals surface area (Å²) in [7, 11) is 0. The van der Waals surface area contributed by atoms with Gasteiger partial charge in [0, 0.05) is 16.3 Å². The number of fused-ring (bicyclic) bond motifs is 1. The summed E-state index contributed by atoms with van der Waals surface area (Å²) in [5.74, 6) is -0.718. The standard InChI is InChI=1S/C16H14BrNO2/c1-9-10(2)16(20)18(15(9)19)14-6-4-11-7-13(17)5-3-12(11)8-14/h3-10H,1-2H3. The molecule has 102 valence electrons. The van der Waals surface area contributed by atoms with Crippen LogP contribution in [0.2, 0.25) is 0 Å². The molecule has 0 saturated carbocycles. The second-order valence-corrected chi connectivity index (χ2v) is 6.18. The largest absolute Gasteiger partial charge is 0.274 e. The number of halogens is 1. The highest BCUT2D eigenvalue weighted by Crippen LogP contribution is 2.32. The lowest BCUT2D eigenvalue weighted by atomic mass is 10.00. The van der Waals surface area contributed by atoms with Gasteiger partial charge in [-0.25, -0.2) is 0 Å². The van der Waals surface area contributed by atoms with Crippen LogP contribution in [0.4, 0.5) is 5.69 Å². The monoisotopic (exact) mass is 331 g/mol. The zero-order valence-electron chi connectivity index (χ0n) is 11.3. The molecule has 0 aliphatic carbocycles. The Morgan fingerprint density at radius 3 is 2.10 bits per heavy atom. The second-order valence-electron chi connectivity index (χ2n) is 5.27. The molecule has 0 bridgehead atoms. The lowest BCUT2D eigenvalue weighted by Crippen LogP contribution is -2.30. The molecule has 0 N–H and O–H groups in total. The summed E-state index contributed by atoms with van der Waals surface area (Å²) >= 11 is 3.43. The molecule has 3 nitrogen and oxygen atoms in total. The van der Waals surface area contributed by atoms with Gasteiger partial charge in [-0.3, -0.25) is 14.5 Å². The number of nitrogens with zero attached hydrogens (tertiary/aromatic N) is 1. The van der Waals surface area contributed by atoms with E-state index in [0.29, 0.717) is 5.69 Å². The molecule has 1 heterocycles.